The molecule has 7 heteroatoms. The van der Waals surface area contributed by atoms with Gasteiger partial charge in [-0.1, -0.05) is 61.8 Å². The molecule has 3 aromatic rings. The van der Waals surface area contributed by atoms with Crippen LogP contribution in [0.25, 0.3) is 5.76 Å². The van der Waals surface area contributed by atoms with Crippen molar-refractivity contribution in [2.24, 2.45) is 5.92 Å². The van der Waals surface area contributed by atoms with Crippen LogP contribution in [0.15, 0.2) is 78.4 Å². The maximum absolute atomic E-state index is 13.4. The molecule has 0 bridgehead atoms. The highest BCUT2D eigenvalue weighted by molar-refractivity contribution is 6.46. The highest BCUT2D eigenvalue weighted by atomic mass is 35.5. The normalized spacial score (nSPS) is 16.8. The summed E-state index contributed by atoms with van der Waals surface area (Å²) in [6.45, 7) is 4.94. The third-order valence-electron chi connectivity index (χ3n) is 6.51. The molecule has 0 aromatic heterocycles. The molecule has 1 N–H and O–H groups in total. The smallest absolute Gasteiger partial charge is 0.295 e. The SMILES string of the molecule is CC(C)COc1cccc(/C(O)=C2/C(=O)C(=O)N(CCc3ccc(Cl)cc3)C2c2ccc(N(C)C)cc2)c1. The molecule has 1 atom stereocenters. The monoisotopic (exact) mass is 532 g/mol. The summed E-state index contributed by atoms with van der Waals surface area (Å²) in [5, 5.41) is 12.1. The van der Waals surface area contributed by atoms with E-state index in [0.29, 0.717) is 41.8 Å². The minimum atomic E-state index is -0.723. The van der Waals surface area contributed by atoms with Gasteiger partial charge in [0.15, 0.2) is 0 Å². The average Bonchev–Trinajstić information content (AvgIpc) is 3.16. The summed E-state index contributed by atoms with van der Waals surface area (Å²) in [5.41, 5.74) is 3.23. The van der Waals surface area contributed by atoms with Gasteiger partial charge in [-0.2, -0.15) is 0 Å². The highest BCUT2D eigenvalue weighted by Gasteiger charge is 2.45. The molecule has 6 nitrogen and oxygen atoms in total. The fraction of sp³-hybridized carbons (Fsp3) is 0.290. The van der Waals surface area contributed by atoms with Crippen molar-refractivity contribution in [3.05, 3.63) is 100 Å². The predicted octanol–water partition coefficient (Wildman–Crippen LogP) is 6.11. The summed E-state index contributed by atoms with van der Waals surface area (Å²) >= 11 is 6.02. The number of aliphatic hydroxyl groups is 1. The summed E-state index contributed by atoms with van der Waals surface area (Å²) in [5.74, 6) is -0.618. The van der Waals surface area contributed by atoms with E-state index in [2.05, 4.69) is 13.8 Å². The van der Waals surface area contributed by atoms with Gasteiger partial charge in [-0.05, 0) is 59.9 Å². The van der Waals surface area contributed by atoms with E-state index < -0.39 is 17.7 Å². The molecule has 1 fully saturated rings. The molecule has 1 aliphatic rings. The van der Waals surface area contributed by atoms with Gasteiger partial charge in [0, 0.05) is 36.9 Å². The zero-order chi connectivity index (χ0) is 27.4. The molecule has 0 radical (unpaired) electrons. The van der Waals surface area contributed by atoms with Crippen molar-refractivity contribution in [2.45, 2.75) is 26.3 Å². The number of benzene rings is 3. The van der Waals surface area contributed by atoms with E-state index in [1.807, 2.05) is 55.4 Å². The molecule has 1 heterocycles. The summed E-state index contributed by atoms with van der Waals surface area (Å²) < 4.78 is 5.82. The number of carbonyl (C=O) groups excluding carboxylic acids is 2. The summed E-state index contributed by atoms with van der Waals surface area (Å²) in [6, 6.07) is 21.4. The number of nitrogens with zero attached hydrogens (tertiary/aromatic N) is 2. The van der Waals surface area contributed by atoms with E-state index in [1.54, 1.807) is 41.3 Å². The van der Waals surface area contributed by atoms with Crippen LogP contribution in [0, 0.1) is 5.92 Å². The fourth-order valence-electron chi connectivity index (χ4n) is 4.46. The van der Waals surface area contributed by atoms with Crippen LogP contribution in [0.2, 0.25) is 5.02 Å². The zero-order valence-electron chi connectivity index (χ0n) is 22.1. The lowest BCUT2D eigenvalue weighted by Gasteiger charge is -2.26. The van der Waals surface area contributed by atoms with Crippen molar-refractivity contribution >= 4 is 34.7 Å². The lowest BCUT2D eigenvalue weighted by atomic mass is 9.95. The van der Waals surface area contributed by atoms with Crippen LogP contribution in [0.3, 0.4) is 0 Å². The number of ketones is 1. The Morgan fingerprint density at radius 1 is 1.03 bits per heavy atom. The quantitative estimate of drug-likeness (QED) is 0.205. The number of halogens is 1. The molecule has 0 saturated carbocycles. The first-order valence-corrected chi connectivity index (χ1v) is 13.1. The van der Waals surface area contributed by atoms with E-state index in [1.165, 1.54) is 0 Å². The molecular weight excluding hydrogens is 500 g/mol. The van der Waals surface area contributed by atoms with E-state index in [4.69, 9.17) is 16.3 Å². The predicted molar refractivity (Wildman–Crippen MR) is 152 cm³/mol. The first-order valence-electron chi connectivity index (χ1n) is 12.7. The van der Waals surface area contributed by atoms with Crippen LogP contribution in [0.4, 0.5) is 5.69 Å². The maximum atomic E-state index is 13.4. The minimum Gasteiger partial charge on any atom is -0.507 e. The summed E-state index contributed by atoms with van der Waals surface area (Å²) in [7, 11) is 3.89. The van der Waals surface area contributed by atoms with Gasteiger partial charge in [0.25, 0.3) is 11.7 Å². The van der Waals surface area contributed by atoms with Crippen LogP contribution in [-0.2, 0) is 16.0 Å². The Kier molecular flexibility index (Phi) is 8.42. The van der Waals surface area contributed by atoms with Gasteiger partial charge < -0.3 is 19.6 Å². The van der Waals surface area contributed by atoms with Gasteiger partial charge in [0.2, 0.25) is 0 Å². The number of rotatable bonds is 9. The number of ether oxygens (including phenoxy) is 1. The molecule has 3 aromatic carbocycles. The molecule has 198 valence electrons. The number of hydrogen-bond donors (Lipinski definition) is 1. The third kappa shape index (κ3) is 6.03. The Morgan fingerprint density at radius 2 is 1.71 bits per heavy atom. The van der Waals surface area contributed by atoms with E-state index >= 15 is 0 Å². The van der Waals surface area contributed by atoms with Crippen molar-refractivity contribution in [3.63, 3.8) is 0 Å². The number of hydrogen-bond acceptors (Lipinski definition) is 5. The second-order valence-corrected chi connectivity index (χ2v) is 10.5. The number of amides is 1. The van der Waals surface area contributed by atoms with E-state index in [0.717, 1.165) is 16.8 Å². The Hall–Kier alpha value is -3.77. The maximum Gasteiger partial charge on any atom is 0.295 e. The van der Waals surface area contributed by atoms with Gasteiger partial charge in [-0.25, -0.2) is 0 Å². The van der Waals surface area contributed by atoms with E-state index in [9.17, 15) is 14.7 Å². The number of anilines is 1. The molecule has 1 saturated heterocycles. The van der Waals surface area contributed by atoms with E-state index in [-0.39, 0.29) is 11.3 Å². The van der Waals surface area contributed by atoms with Crippen LogP contribution in [0.1, 0.15) is 36.6 Å². The number of carbonyl (C=O) groups is 2. The van der Waals surface area contributed by atoms with Crippen LogP contribution in [0.5, 0.6) is 5.75 Å². The lowest BCUT2D eigenvalue weighted by molar-refractivity contribution is -0.139. The van der Waals surface area contributed by atoms with Crippen molar-refractivity contribution in [2.75, 3.05) is 32.1 Å². The number of aliphatic hydroxyl groups excluding tert-OH is 1. The molecular formula is C31H33ClN2O4. The second-order valence-electron chi connectivity index (χ2n) is 10.1. The van der Waals surface area contributed by atoms with Gasteiger partial charge in [-0.15, -0.1) is 0 Å². The first kappa shape index (κ1) is 27.3. The Labute approximate surface area is 229 Å². The number of Topliss-reactive ketones (excluding diaryl/α,β-unsaturated/α-hetero) is 1. The van der Waals surface area contributed by atoms with Crippen LogP contribution >= 0.6 is 11.6 Å². The van der Waals surface area contributed by atoms with Crippen molar-refractivity contribution in [1.82, 2.24) is 4.90 Å². The summed E-state index contributed by atoms with van der Waals surface area (Å²) in [4.78, 5) is 30.2. The fourth-order valence-corrected chi connectivity index (χ4v) is 4.59. The largest absolute Gasteiger partial charge is 0.507 e. The molecule has 4 rings (SSSR count). The first-order chi connectivity index (χ1) is 18.2. The molecule has 1 amide bonds. The standard InChI is InChI=1S/C31H33ClN2O4/c1-20(2)19-38-26-7-5-6-23(18-26)29(35)27-28(22-10-14-25(15-11-22)33(3)4)34(31(37)30(27)36)17-16-21-8-12-24(32)13-9-21/h5-15,18,20,28,35H,16-17,19H2,1-4H3/b29-27-. The van der Waals surface area contributed by atoms with Crippen LogP contribution in [-0.4, -0.2) is 48.9 Å². The molecule has 38 heavy (non-hydrogen) atoms. The molecule has 1 aliphatic heterocycles. The van der Waals surface area contributed by atoms with Gasteiger partial charge in [0.05, 0.1) is 18.2 Å². The van der Waals surface area contributed by atoms with Gasteiger partial charge in [-0.3, -0.25) is 9.59 Å². The Bertz CT molecular complexity index is 1330. The topological polar surface area (TPSA) is 70.1 Å². The van der Waals surface area contributed by atoms with Gasteiger partial charge >= 0.3 is 0 Å². The van der Waals surface area contributed by atoms with Crippen molar-refractivity contribution in [1.29, 1.82) is 0 Å². The number of likely N-dealkylation sites (tertiary alicyclic amines) is 1. The van der Waals surface area contributed by atoms with Crippen molar-refractivity contribution < 1.29 is 19.4 Å². The lowest BCUT2D eigenvalue weighted by Crippen LogP contribution is -2.31. The minimum absolute atomic E-state index is 0.0738. The zero-order valence-corrected chi connectivity index (χ0v) is 22.9. The molecule has 0 aliphatic carbocycles. The second kappa shape index (κ2) is 11.7. The van der Waals surface area contributed by atoms with Crippen LogP contribution < -0.4 is 9.64 Å². The Balaban J connectivity index is 1.74. The van der Waals surface area contributed by atoms with Crippen molar-refractivity contribution in [3.8, 4) is 5.75 Å². The average molecular weight is 533 g/mol. The highest BCUT2D eigenvalue weighted by Crippen LogP contribution is 2.40. The third-order valence-corrected chi connectivity index (χ3v) is 6.76. The Morgan fingerprint density at radius 3 is 2.34 bits per heavy atom. The van der Waals surface area contributed by atoms with Gasteiger partial charge in [0.1, 0.15) is 11.5 Å². The summed E-state index contributed by atoms with van der Waals surface area (Å²) in [6.07, 6.45) is 0.537. The molecule has 1 unspecified atom stereocenters. The molecule has 0 spiro atoms.